The summed E-state index contributed by atoms with van der Waals surface area (Å²) in [6.45, 7) is 0.486. The van der Waals surface area contributed by atoms with Crippen LogP contribution in [0.3, 0.4) is 0 Å². The van der Waals surface area contributed by atoms with Crippen molar-refractivity contribution in [2.24, 2.45) is 0 Å². The van der Waals surface area contributed by atoms with Crippen LogP contribution in [0.25, 0.3) is 0 Å². The van der Waals surface area contributed by atoms with Gasteiger partial charge in [0.05, 0.1) is 0 Å². The van der Waals surface area contributed by atoms with Crippen molar-refractivity contribution in [1.82, 2.24) is 5.32 Å². The number of para-hydroxylation sites is 2. The van der Waals surface area contributed by atoms with E-state index in [-0.39, 0.29) is 18.1 Å². The summed E-state index contributed by atoms with van der Waals surface area (Å²) in [4.78, 5) is 38.4. The number of nitrogens with one attached hydrogen (secondary N) is 2. The minimum Gasteiger partial charge on any atom is -0.470 e. The third-order valence-corrected chi connectivity index (χ3v) is 4.61. The summed E-state index contributed by atoms with van der Waals surface area (Å²) in [6, 6.07) is 18.9. The first-order valence-electron chi connectivity index (χ1n) is 9.97. The van der Waals surface area contributed by atoms with Crippen molar-refractivity contribution in [3.8, 4) is 0 Å². The molecule has 0 atom stereocenters. The lowest BCUT2D eigenvalue weighted by Crippen LogP contribution is -2.32. The van der Waals surface area contributed by atoms with Crippen molar-refractivity contribution in [3.05, 3.63) is 72.1 Å². The number of hydrogen-bond donors (Lipinski definition) is 2. The van der Waals surface area contributed by atoms with E-state index in [9.17, 15) is 14.4 Å². The van der Waals surface area contributed by atoms with Crippen molar-refractivity contribution in [2.75, 3.05) is 43.6 Å². The molecule has 3 rings (SSSR count). The molecule has 162 valence electrons. The van der Waals surface area contributed by atoms with E-state index in [0.717, 1.165) is 18.7 Å². The number of esters is 1. The second-order valence-corrected chi connectivity index (χ2v) is 6.94. The molecule has 0 fully saturated rings. The molecule has 0 saturated heterocycles. The van der Waals surface area contributed by atoms with Crippen molar-refractivity contribution in [2.45, 2.75) is 6.42 Å². The van der Waals surface area contributed by atoms with Gasteiger partial charge in [0.1, 0.15) is 0 Å². The molecular formula is C23H25N3O5. The molecule has 31 heavy (non-hydrogen) atoms. The van der Waals surface area contributed by atoms with Gasteiger partial charge >= 0.3 is 5.97 Å². The van der Waals surface area contributed by atoms with E-state index in [1.54, 1.807) is 24.3 Å². The van der Waals surface area contributed by atoms with Gasteiger partial charge in [0, 0.05) is 31.5 Å². The Kier molecular flexibility index (Phi) is 7.64. The first-order chi connectivity index (χ1) is 15.0. The molecule has 1 heterocycles. The third kappa shape index (κ3) is 6.33. The van der Waals surface area contributed by atoms with E-state index in [1.807, 2.05) is 43.4 Å². The number of anilines is 2. The molecule has 0 aliphatic carbocycles. The van der Waals surface area contributed by atoms with Gasteiger partial charge in [-0.1, -0.05) is 36.4 Å². The van der Waals surface area contributed by atoms with Crippen LogP contribution in [-0.2, 0) is 23.9 Å². The summed E-state index contributed by atoms with van der Waals surface area (Å²) >= 11 is 0. The number of Topliss-reactive ketones (excluding diaryl/α,β-unsaturated/α-hetero) is 1. The summed E-state index contributed by atoms with van der Waals surface area (Å²) < 4.78 is 10.3. The third-order valence-electron chi connectivity index (χ3n) is 4.61. The largest absolute Gasteiger partial charge is 0.470 e. The zero-order valence-corrected chi connectivity index (χ0v) is 17.3. The number of ketones is 1. The molecule has 0 saturated carbocycles. The average molecular weight is 423 g/mol. The molecular weight excluding hydrogens is 398 g/mol. The maximum absolute atomic E-state index is 12.3. The quantitative estimate of drug-likeness (QED) is 0.343. The van der Waals surface area contributed by atoms with Crippen LogP contribution in [0.2, 0.25) is 0 Å². The van der Waals surface area contributed by atoms with Gasteiger partial charge in [-0.05, 0) is 30.7 Å². The van der Waals surface area contributed by atoms with Crippen molar-refractivity contribution in [3.63, 3.8) is 0 Å². The van der Waals surface area contributed by atoms with Gasteiger partial charge < -0.3 is 25.0 Å². The molecule has 0 spiro atoms. The molecule has 0 aromatic heterocycles. The van der Waals surface area contributed by atoms with Crippen LogP contribution in [0, 0.1) is 0 Å². The van der Waals surface area contributed by atoms with E-state index >= 15 is 0 Å². The van der Waals surface area contributed by atoms with Gasteiger partial charge in [-0.25, -0.2) is 4.79 Å². The zero-order chi connectivity index (χ0) is 22.1. The van der Waals surface area contributed by atoms with Gasteiger partial charge in [-0.2, -0.15) is 0 Å². The van der Waals surface area contributed by atoms with Crippen LogP contribution < -0.4 is 15.5 Å². The molecule has 1 aliphatic rings. The van der Waals surface area contributed by atoms with Gasteiger partial charge in [-0.15, -0.1) is 0 Å². The summed E-state index contributed by atoms with van der Waals surface area (Å²) in [5.41, 5.74) is 1.54. The summed E-state index contributed by atoms with van der Waals surface area (Å²) in [7, 11) is 1.98. The minimum atomic E-state index is -0.889. The Morgan fingerprint density at radius 3 is 2.45 bits per heavy atom. The van der Waals surface area contributed by atoms with E-state index in [1.165, 1.54) is 0 Å². The number of carbonyl (C=O) groups excluding carboxylic acids is 3. The molecule has 2 aromatic rings. The highest BCUT2D eigenvalue weighted by atomic mass is 16.5. The van der Waals surface area contributed by atoms with Crippen molar-refractivity contribution >= 4 is 29.0 Å². The topological polar surface area (TPSA) is 97.0 Å². The maximum Gasteiger partial charge on any atom is 0.347 e. The smallest absolute Gasteiger partial charge is 0.347 e. The average Bonchev–Trinajstić information content (AvgIpc) is 3.16. The Hall–Kier alpha value is -3.81. The van der Waals surface area contributed by atoms with Gasteiger partial charge in [0.25, 0.3) is 5.91 Å². The molecule has 2 N–H and O–H groups in total. The fourth-order valence-corrected chi connectivity index (χ4v) is 2.98. The highest BCUT2D eigenvalue weighted by Gasteiger charge is 2.32. The van der Waals surface area contributed by atoms with Crippen LogP contribution in [0.1, 0.15) is 6.42 Å². The Bertz CT molecular complexity index is 944. The first kappa shape index (κ1) is 21.9. The second-order valence-electron chi connectivity index (χ2n) is 6.94. The molecule has 8 heteroatoms. The van der Waals surface area contributed by atoms with Gasteiger partial charge in [-0.3, -0.25) is 9.59 Å². The minimum absolute atomic E-state index is 0.0329. The number of carbonyl (C=O) groups is 3. The van der Waals surface area contributed by atoms with Crippen LogP contribution in [0.5, 0.6) is 0 Å². The second kappa shape index (κ2) is 10.8. The standard InChI is InChI=1S/C23H25N3O5/c1-26(18-11-6-3-7-12-18)14-8-13-24-20(28)16-31-23(29)21-19(27)15-30-22(21)25-17-9-4-2-5-10-17/h2-7,9-12,25H,8,13-16H2,1H3,(H,24,28). The number of amides is 1. The Balaban J connectivity index is 1.42. The number of nitrogens with zero attached hydrogens (tertiary/aromatic N) is 1. The summed E-state index contributed by atoms with van der Waals surface area (Å²) in [6.07, 6.45) is 0.730. The SMILES string of the molecule is CN(CCCNC(=O)COC(=O)C1=C(Nc2ccccc2)OCC1=O)c1ccccc1. The van der Waals surface area contributed by atoms with Crippen molar-refractivity contribution in [1.29, 1.82) is 0 Å². The molecule has 1 aliphatic heterocycles. The molecule has 8 nitrogen and oxygen atoms in total. The predicted octanol–water partition coefficient (Wildman–Crippen LogP) is 2.10. The number of ether oxygens (including phenoxy) is 2. The summed E-state index contributed by atoms with van der Waals surface area (Å²) in [5, 5.41) is 5.59. The van der Waals surface area contributed by atoms with Gasteiger partial charge in [0.15, 0.2) is 18.8 Å². The fraction of sp³-hybridized carbons (Fsp3) is 0.261. The highest BCUT2D eigenvalue weighted by Crippen LogP contribution is 2.20. The molecule has 0 bridgehead atoms. The van der Waals surface area contributed by atoms with Gasteiger partial charge in [0.2, 0.25) is 11.7 Å². The fourth-order valence-electron chi connectivity index (χ4n) is 2.98. The number of rotatable bonds is 10. The van der Waals surface area contributed by atoms with E-state index in [2.05, 4.69) is 15.5 Å². The Morgan fingerprint density at radius 1 is 1.06 bits per heavy atom. The maximum atomic E-state index is 12.3. The Morgan fingerprint density at radius 2 is 1.74 bits per heavy atom. The highest BCUT2D eigenvalue weighted by molar-refractivity contribution is 6.20. The molecule has 2 aromatic carbocycles. The molecule has 0 unspecified atom stereocenters. The molecule has 0 radical (unpaired) electrons. The molecule has 1 amide bonds. The zero-order valence-electron chi connectivity index (χ0n) is 17.3. The predicted molar refractivity (Wildman–Crippen MR) is 116 cm³/mol. The van der Waals surface area contributed by atoms with Crippen molar-refractivity contribution < 1.29 is 23.9 Å². The van der Waals surface area contributed by atoms with E-state index in [4.69, 9.17) is 9.47 Å². The first-order valence-corrected chi connectivity index (χ1v) is 9.97. The lowest BCUT2D eigenvalue weighted by molar-refractivity contribution is -0.145. The Labute approximate surface area is 180 Å². The monoisotopic (exact) mass is 423 g/mol. The van der Waals surface area contributed by atoms with Crippen LogP contribution in [-0.4, -0.2) is 51.0 Å². The number of benzene rings is 2. The lowest BCUT2D eigenvalue weighted by atomic mass is 10.2. The normalized spacial score (nSPS) is 12.9. The number of hydrogen-bond acceptors (Lipinski definition) is 7. The van der Waals surface area contributed by atoms with E-state index < -0.39 is 24.3 Å². The van der Waals surface area contributed by atoms with Crippen LogP contribution in [0.4, 0.5) is 11.4 Å². The lowest BCUT2D eigenvalue weighted by Gasteiger charge is -2.19. The van der Waals surface area contributed by atoms with E-state index in [0.29, 0.717) is 12.2 Å². The van der Waals surface area contributed by atoms with Crippen LogP contribution in [0.15, 0.2) is 72.1 Å². The summed E-state index contributed by atoms with van der Waals surface area (Å²) in [5.74, 6) is -1.78. The van der Waals surface area contributed by atoms with Crippen LogP contribution >= 0.6 is 0 Å².